The van der Waals surface area contributed by atoms with E-state index in [-0.39, 0.29) is 48.8 Å². The second-order valence-corrected chi connectivity index (χ2v) is 5.20. The third-order valence-electron chi connectivity index (χ3n) is 3.19. The number of rotatable bonds is 12. The number of carboxylic acids is 1. The van der Waals surface area contributed by atoms with E-state index in [1.807, 2.05) is 0 Å². The first-order valence-electron chi connectivity index (χ1n) is 7.69. The molecule has 6 nitrogen and oxygen atoms in total. The van der Waals surface area contributed by atoms with Crippen molar-refractivity contribution in [3.63, 3.8) is 0 Å². The average Bonchev–Trinajstić information content (AvgIpc) is 2.43. The first-order valence-corrected chi connectivity index (χ1v) is 7.69. The molecule has 0 saturated heterocycles. The van der Waals surface area contributed by atoms with Crippen molar-refractivity contribution >= 4 is 47.5 Å². The molecule has 0 saturated carbocycles. The van der Waals surface area contributed by atoms with Crippen molar-refractivity contribution in [2.24, 2.45) is 5.73 Å². The van der Waals surface area contributed by atoms with Crippen LogP contribution in [0.3, 0.4) is 0 Å². The minimum absolute atomic E-state index is 0. The Bertz CT molecular complexity index is 336. The quantitative estimate of drug-likeness (QED) is 0.245. The van der Waals surface area contributed by atoms with Crippen molar-refractivity contribution in [2.45, 2.75) is 77.2 Å². The summed E-state index contributed by atoms with van der Waals surface area (Å²) in [5.74, 6) is -2.42. The predicted octanol–water partition coefficient (Wildman–Crippen LogP) is 1.74. The fraction of sp³-hybridized carbons (Fsp3) is 0.800. The maximum atomic E-state index is 11.4. The molecule has 0 aromatic rings. The van der Waals surface area contributed by atoms with Gasteiger partial charge in [0.1, 0.15) is 6.04 Å². The number of ether oxygens (including phenoxy) is 1. The Morgan fingerprint density at radius 3 is 2.00 bits per heavy atom. The summed E-state index contributed by atoms with van der Waals surface area (Å²) in [7, 11) is 0. The van der Waals surface area contributed by atoms with Gasteiger partial charge in [0.15, 0.2) is 0 Å². The zero-order valence-corrected chi connectivity index (χ0v) is 12.8. The van der Waals surface area contributed by atoms with Crippen molar-refractivity contribution in [1.82, 2.24) is 0 Å². The Balaban J connectivity index is 0. The summed E-state index contributed by atoms with van der Waals surface area (Å²) in [4.78, 5) is 33.1. The van der Waals surface area contributed by atoms with Crippen molar-refractivity contribution in [1.29, 1.82) is 0 Å². The van der Waals surface area contributed by atoms with Gasteiger partial charge in [0.25, 0.3) is 0 Å². The van der Waals surface area contributed by atoms with Gasteiger partial charge in [-0.2, -0.15) is 0 Å². The molecule has 0 spiro atoms. The molecule has 0 aromatic heterocycles. The molecule has 0 aliphatic heterocycles. The van der Waals surface area contributed by atoms with E-state index in [1.165, 1.54) is 25.7 Å². The Labute approximate surface area is 154 Å². The van der Waals surface area contributed by atoms with Gasteiger partial charge in [0, 0.05) is 12.8 Å². The number of hydrogen-bond donors (Lipinski definition) is 2. The SMILES string of the molecule is CCCCCCCCCC(=O)OC(=O)CC[C@H](N)C(=O)O.[NaH]. The van der Waals surface area contributed by atoms with Gasteiger partial charge in [-0.3, -0.25) is 14.4 Å². The van der Waals surface area contributed by atoms with Gasteiger partial charge in [-0.15, -0.1) is 0 Å². The van der Waals surface area contributed by atoms with Crippen molar-refractivity contribution in [3.8, 4) is 0 Å². The van der Waals surface area contributed by atoms with Crippen LogP contribution in [-0.4, -0.2) is 58.6 Å². The summed E-state index contributed by atoms with van der Waals surface area (Å²) in [5.41, 5.74) is 5.25. The van der Waals surface area contributed by atoms with Crippen LogP contribution >= 0.6 is 0 Å². The molecular formula is C15H28NNaO5. The van der Waals surface area contributed by atoms with E-state index < -0.39 is 23.9 Å². The van der Waals surface area contributed by atoms with E-state index in [0.717, 1.165) is 12.8 Å². The van der Waals surface area contributed by atoms with Crippen LogP contribution in [0.15, 0.2) is 0 Å². The molecule has 1 atom stereocenters. The number of carboxylic acid groups (broad SMARTS) is 1. The molecule has 0 fully saturated rings. The molecule has 124 valence electrons. The van der Waals surface area contributed by atoms with Crippen LogP contribution in [-0.2, 0) is 19.1 Å². The second kappa shape index (κ2) is 15.5. The number of carbonyl (C=O) groups is 3. The summed E-state index contributed by atoms with van der Waals surface area (Å²) < 4.78 is 4.60. The summed E-state index contributed by atoms with van der Waals surface area (Å²) in [6.45, 7) is 2.16. The average molecular weight is 325 g/mol. The zero-order valence-electron chi connectivity index (χ0n) is 12.8. The van der Waals surface area contributed by atoms with Gasteiger partial charge in [-0.1, -0.05) is 45.4 Å². The van der Waals surface area contributed by atoms with Crippen LogP contribution in [0.5, 0.6) is 0 Å². The minimum atomic E-state index is -1.17. The maximum absolute atomic E-state index is 11.4. The molecule has 0 rings (SSSR count). The van der Waals surface area contributed by atoms with Gasteiger partial charge < -0.3 is 15.6 Å². The fourth-order valence-electron chi connectivity index (χ4n) is 1.85. The summed E-state index contributed by atoms with van der Waals surface area (Å²) in [5, 5.41) is 8.55. The first-order chi connectivity index (χ1) is 9.97. The Morgan fingerprint density at radius 1 is 0.955 bits per heavy atom. The molecule has 7 heteroatoms. The number of aliphatic carboxylic acids is 1. The monoisotopic (exact) mass is 325 g/mol. The molecule has 0 amide bonds. The summed E-state index contributed by atoms with van der Waals surface area (Å²) in [6.07, 6.45) is 7.66. The van der Waals surface area contributed by atoms with Gasteiger partial charge in [0.2, 0.25) is 0 Å². The molecule has 0 unspecified atom stereocenters. The number of unbranched alkanes of at least 4 members (excludes halogenated alkanes) is 6. The number of hydrogen-bond acceptors (Lipinski definition) is 5. The van der Waals surface area contributed by atoms with Crippen LogP contribution in [0.1, 0.15) is 71.1 Å². The third-order valence-corrected chi connectivity index (χ3v) is 3.19. The molecule has 0 bridgehead atoms. The molecule has 0 aromatic carbocycles. The Morgan fingerprint density at radius 2 is 1.45 bits per heavy atom. The van der Waals surface area contributed by atoms with E-state index in [2.05, 4.69) is 11.7 Å². The number of esters is 2. The van der Waals surface area contributed by atoms with Crippen molar-refractivity contribution in [3.05, 3.63) is 0 Å². The fourth-order valence-corrected chi connectivity index (χ4v) is 1.85. The van der Waals surface area contributed by atoms with E-state index in [0.29, 0.717) is 6.42 Å². The van der Waals surface area contributed by atoms with Crippen LogP contribution < -0.4 is 5.73 Å². The van der Waals surface area contributed by atoms with Crippen LogP contribution in [0.25, 0.3) is 0 Å². The molecule has 0 aliphatic rings. The second-order valence-electron chi connectivity index (χ2n) is 5.20. The Kier molecular flexibility index (Phi) is 16.8. The molecule has 22 heavy (non-hydrogen) atoms. The molecular weight excluding hydrogens is 297 g/mol. The molecule has 0 radical (unpaired) electrons. The summed E-state index contributed by atoms with van der Waals surface area (Å²) >= 11 is 0. The van der Waals surface area contributed by atoms with Gasteiger partial charge in [-0.25, -0.2) is 0 Å². The molecule has 0 heterocycles. The van der Waals surface area contributed by atoms with Gasteiger partial charge >= 0.3 is 47.5 Å². The number of nitrogens with two attached hydrogens (primary N) is 1. The van der Waals surface area contributed by atoms with E-state index in [1.54, 1.807) is 0 Å². The summed E-state index contributed by atoms with van der Waals surface area (Å²) in [6, 6.07) is -1.10. The topological polar surface area (TPSA) is 107 Å². The van der Waals surface area contributed by atoms with Crippen LogP contribution in [0, 0.1) is 0 Å². The predicted molar refractivity (Wildman–Crippen MR) is 85.7 cm³/mol. The normalized spacial score (nSPS) is 11.4. The van der Waals surface area contributed by atoms with Crippen LogP contribution in [0.2, 0.25) is 0 Å². The van der Waals surface area contributed by atoms with Gasteiger partial charge in [-0.05, 0) is 12.8 Å². The van der Waals surface area contributed by atoms with E-state index in [9.17, 15) is 14.4 Å². The Hall–Kier alpha value is -0.430. The van der Waals surface area contributed by atoms with Crippen LogP contribution in [0.4, 0.5) is 0 Å². The van der Waals surface area contributed by atoms with Gasteiger partial charge in [0.05, 0.1) is 0 Å². The molecule has 3 N–H and O–H groups in total. The van der Waals surface area contributed by atoms with E-state index >= 15 is 0 Å². The van der Waals surface area contributed by atoms with Crippen molar-refractivity contribution < 1.29 is 24.2 Å². The first kappa shape index (κ1) is 23.8. The molecule has 0 aliphatic carbocycles. The zero-order chi connectivity index (χ0) is 16.1. The standard InChI is InChI=1S/C15H27NO5.Na.H/c1-2-3-4-5-6-7-8-9-13(17)21-14(18)11-10-12(16)15(19)20;;/h12H,2-11,16H2,1H3,(H,19,20);;/t12-;;/m0../s1. The number of carbonyl (C=O) groups excluding carboxylic acids is 2. The van der Waals surface area contributed by atoms with Crippen molar-refractivity contribution in [2.75, 3.05) is 0 Å². The third kappa shape index (κ3) is 14.5. The van der Waals surface area contributed by atoms with E-state index in [4.69, 9.17) is 10.8 Å².